The minimum Gasteiger partial charge on any atom is -0.515 e. The summed E-state index contributed by atoms with van der Waals surface area (Å²) in [5, 5.41) is 10.3. The van der Waals surface area contributed by atoms with Gasteiger partial charge in [0, 0.05) is 34.5 Å². The molecule has 208 valence electrons. The van der Waals surface area contributed by atoms with Gasteiger partial charge in [0.05, 0.1) is 46.1 Å². The predicted molar refractivity (Wildman–Crippen MR) is 168 cm³/mol. The van der Waals surface area contributed by atoms with Crippen molar-refractivity contribution in [2.45, 2.75) is 59.8 Å². The molecule has 0 unspecified atom stereocenters. The topological polar surface area (TPSA) is 90.2 Å². The molecule has 1 aliphatic carbocycles. The molecule has 0 amide bonds. The van der Waals surface area contributed by atoms with Crippen molar-refractivity contribution < 1.29 is 9.90 Å². The van der Waals surface area contributed by atoms with Gasteiger partial charge in [-0.15, -0.1) is 0 Å². The first-order valence-electron chi connectivity index (χ1n) is 14.6. The number of aliphatic hydroxyl groups is 1. The van der Waals surface area contributed by atoms with Crippen LogP contribution in [0, 0.1) is 11.8 Å². The van der Waals surface area contributed by atoms with Crippen LogP contribution in [0.1, 0.15) is 71.2 Å². The standard InChI is InChI=1S/C35H36N4O2/c1-20(2)16-24-27-8-10-31(36-27)26(19-40)32-11-9-28(37-32)25(17-21(3)4)30-13-15-34(39-30)35(33-14-12-29(24)38-33)22-6-5-7-23(41)18-22/h8-15,18-21,38,40H,5-7,16-17H2,1-4H3/b26-19-,27-24?,28-25?,35-34?. The molecule has 0 fully saturated rings. The minimum atomic E-state index is 0.165. The summed E-state index contributed by atoms with van der Waals surface area (Å²) in [5.74, 6) is 0.968. The molecule has 0 spiro atoms. The Morgan fingerprint density at radius 2 is 1.37 bits per heavy atom. The Hall–Kier alpha value is -4.32. The van der Waals surface area contributed by atoms with Crippen LogP contribution in [0.5, 0.6) is 0 Å². The summed E-state index contributed by atoms with van der Waals surface area (Å²) >= 11 is 0. The van der Waals surface area contributed by atoms with Gasteiger partial charge in [0.2, 0.25) is 0 Å². The van der Waals surface area contributed by atoms with Gasteiger partial charge in [0.15, 0.2) is 5.78 Å². The van der Waals surface area contributed by atoms with Gasteiger partial charge in [-0.2, -0.15) is 0 Å². The van der Waals surface area contributed by atoms with Gasteiger partial charge in [0.25, 0.3) is 0 Å². The highest BCUT2D eigenvalue weighted by Gasteiger charge is 2.26. The largest absolute Gasteiger partial charge is 0.515 e. The van der Waals surface area contributed by atoms with E-state index in [-0.39, 0.29) is 5.78 Å². The van der Waals surface area contributed by atoms with E-state index in [9.17, 15) is 9.90 Å². The number of hydrogen-bond acceptors (Lipinski definition) is 5. The summed E-state index contributed by atoms with van der Waals surface area (Å²) in [4.78, 5) is 31.4. The van der Waals surface area contributed by atoms with Crippen LogP contribution in [0.25, 0.3) is 11.1 Å². The number of hydrogen-bond donors (Lipinski definition) is 2. The number of ketones is 1. The van der Waals surface area contributed by atoms with Crippen molar-refractivity contribution in [3.63, 3.8) is 0 Å². The number of carbonyl (C=O) groups excluding carboxylic acids is 1. The maximum absolute atomic E-state index is 12.5. The second kappa shape index (κ2) is 10.9. The third kappa shape index (κ3) is 5.26. The van der Waals surface area contributed by atoms with Crippen LogP contribution in [0.4, 0.5) is 0 Å². The molecule has 1 aromatic heterocycles. The number of nitrogens with one attached hydrogen (secondary N) is 1. The van der Waals surface area contributed by atoms with E-state index in [1.54, 1.807) is 0 Å². The zero-order valence-corrected chi connectivity index (χ0v) is 24.2. The lowest BCUT2D eigenvalue weighted by Gasteiger charge is -2.17. The van der Waals surface area contributed by atoms with Crippen molar-refractivity contribution in [3.05, 3.63) is 106 Å². The normalized spacial score (nSPS) is 21.2. The zero-order valence-electron chi connectivity index (χ0n) is 24.2. The predicted octanol–water partition coefficient (Wildman–Crippen LogP) is 7.95. The Labute approximate surface area is 241 Å². The smallest absolute Gasteiger partial charge is 0.155 e. The second-order valence-corrected chi connectivity index (χ2v) is 12.0. The highest BCUT2D eigenvalue weighted by Crippen LogP contribution is 2.38. The number of aliphatic imine (C=N–C) groups is 3. The van der Waals surface area contributed by atoms with E-state index < -0.39 is 0 Å². The molecular weight excluding hydrogens is 508 g/mol. The van der Waals surface area contributed by atoms with Crippen molar-refractivity contribution in [3.8, 4) is 0 Å². The summed E-state index contributed by atoms with van der Waals surface area (Å²) in [7, 11) is 0. The van der Waals surface area contributed by atoms with Crippen molar-refractivity contribution in [1.29, 1.82) is 0 Å². The molecule has 8 bridgehead atoms. The van der Waals surface area contributed by atoms with E-state index in [2.05, 4.69) is 57.0 Å². The SMILES string of the molecule is CC(C)CC1=C2C=CC(=N2)/C(=C\O)C2=NC(=C(CC(C)C)c3ccc([nH]3)C(C3=CC(=O)CCC3)=C3C=CC1=N3)C=C2. The number of aromatic nitrogens is 1. The van der Waals surface area contributed by atoms with E-state index in [1.807, 2.05) is 30.4 Å². The Bertz CT molecular complexity index is 1670. The van der Waals surface area contributed by atoms with E-state index in [0.717, 1.165) is 88.4 Å². The number of aliphatic hydroxyl groups excluding tert-OH is 1. The molecule has 2 N–H and O–H groups in total. The highest BCUT2D eigenvalue weighted by molar-refractivity contribution is 6.33. The number of H-pyrrole nitrogens is 1. The molecule has 41 heavy (non-hydrogen) atoms. The maximum atomic E-state index is 12.5. The molecular formula is C35H36N4O2. The van der Waals surface area contributed by atoms with Crippen LogP contribution in [0.3, 0.4) is 0 Å². The van der Waals surface area contributed by atoms with Crippen LogP contribution >= 0.6 is 0 Å². The number of nitrogens with zero attached hydrogens (tertiary/aromatic N) is 3. The zero-order chi connectivity index (χ0) is 28.7. The van der Waals surface area contributed by atoms with Gasteiger partial charge in [-0.25, -0.2) is 15.0 Å². The fraction of sp³-hybridized carbons (Fsp3) is 0.314. The van der Waals surface area contributed by atoms with Crippen LogP contribution in [0.2, 0.25) is 0 Å². The first-order chi connectivity index (χ1) is 19.8. The molecule has 0 radical (unpaired) electrons. The summed E-state index contributed by atoms with van der Waals surface area (Å²) in [6.45, 7) is 8.78. The lowest BCUT2D eigenvalue weighted by atomic mass is 9.90. The van der Waals surface area contributed by atoms with E-state index in [4.69, 9.17) is 15.0 Å². The average Bonchev–Trinajstić information content (AvgIpc) is 3.74. The van der Waals surface area contributed by atoms with Crippen molar-refractivity contribution in [2.24, 2.45) is 26.8 Å². The van der Waals surface area contributed by atoms with Gasteiger partial charge in [-0.3, -0.25) is 4.79 Å². The number of allylic oxidation sites excluding steroid dienone is 12. The number of fused-ring (bicyclic) bond motifs is 5. The molecule has 5 heterocycles. The molecule has 0 saturated carbocycles. The number of rotatable bonds is 5. The minimum absolute atomic E-state index is 0.165. The van der Waals surface area contributed by atoms with Crippen LogP contribution in [0.15, 0.2) is 110 Å². The second-order valence-electron chi connectivity index (χ2n) is 12.0. The quantitative estimate of drug-likeness (QED) is 0.368. The summed E-state index contributed by atoms with van der Waals surface area (Å²) in [6.07, 6.45) is 18.9. The lowest BCUT2D eigenvalue weighted by molar-refractivity contribution is -0.115. The van der Waals surface area contributed by atoms with Crippen LogP contribution < -0.4 is 0 Å². The molecule has 0 saturated heterocycles. The Kier molecular flexibility index (Phi) is 7.16. The van der Waals surface area contributed by atoms with Crippen LogP contribution in [-0.4, -0.2) is 33.0 Å². The maximum Gasteiger partial charge on any atom is 0.155 e. The fourth-order valence-electron chi connectivity index (χ4n) is 5.98. The molecule has 6 rings (SSSR count). The van der Waals surface area contributed by atoms with Gasteiger partial charge >= 0.3 is 0 Å². The van der Waals surface area contributed by atoms with E-state index in [0.29, 0.717) is 35.3 Å². The Morgan fingerprint density at radius 3 is 2.02 bits per heavy atom. The Balaban J connectivity index is 1.63. The van der Waals surface area contributed by atoms with Crippen LogP contribution in [-0.2, 0) is 4.79 Å². The third-order valence-corrected chi connectivity index (χ3v) is 7.82. The fourth-order valence-corrected chi connectivity index (χ4v) is 5.98. The van der Waals surface area contributed by atoms with E-state index in [1.165, 1.54) is 0 Å². The monoisotopic (exact) mass is 544 g/mol. The summed E-state index contributed by atoms with van der Waals surface area (Å²) < 4.78 is 0. The lowest BCUT2D eigenvalue weighted by Crippen LogP contribution is -2.08. The third-order valence-electron chi connectivity index (χ3n) is 7.82. The molecule has 1 aromatic rings. The Morgan fingerprint density at radius 1 is 0.780 bits per heavy atom. The van der Waals surface area contributed by atoms with E-state index >= 15 is 0 Å². The number of carbonyl (C=O) groups is 1. The molecule has 6 heteroatoms. The van der Waals surface area contributed by atoms with Crippen molar-refractivity contribution in [2.75, 3.05) is 0 Å². The molecule has 0 aromatic carbocycles. The summed E-state index contributed by atoms with van der Waals surface area (Å²) in [6, 6.07) is 4.21. The highest BCUT2D eigenvalue weighted by atomic mass is 16.2. The average molecular weight is 545 g/mol. The molecule has 5 aliphatic rings. The van der Waals surface area contributed by atoms with Gasteiger partial charge in [0.1, 0.15) is 0 Å². The number of aromatic amines is 1. The van der Waals surface area contributed by atoms with Crippen molar-refractivity contribution in [1.82, 2.24) is 4.98 Å². The van der Waals surface area contributed by atoms with Gasteiger partial charge < -0.3 is 10.1 Å². The van der Waals surface area contributed by atoms with Gasteiger partial charge in [-0.05, 0) is 97.8 Å². The van der Waals surface area contributed by atoms with Gasteiger partial charge in [-0.1, -0.05) is 27.7 Å². The summed E-state index contributed by atoms with van der Waals surface area (Å²) in [5.41, 5.74) is 11.5. The molecule has 0 atom stereocenters. The first kappa shape index (κ1) is 26.9. The molecule has 4 aliphatic heterocycles. The van der Waals surface area contributed by atoms with Crippen molar-refractivity contribution >= 4 is 34.1 Å². The first-order valence-corrected chi connectivity index (χ1v) is 14.6. The molecule has 6 nitrogen and oxygen atoms in total.